The highest BCUT2D eigenvalue weighted by atomic mass is 35.5. The van der Waals surface area contributed by atoms with Crippen LogP contribution in [0.15, 0.2) is 55.0 Å². The van der Waals surface area contributed by atoms with Crippen molar-refractivity contribution in [3.8, 4) is 28.5 Å². The number of aromatic nitrogens is 2. The Morgan fingerprint density at radius 2 is 1.66 bits per heavy atom. The summed E-state index contributed by atoms with van der Waals surface area (Å²) in [5.41, 5.74) is 2.37. The zero-order valence-corrected chi connectivity index (χ0v) is 18.6. The predicted octanol–water partition coefficient (Wildman–Crippen LogP) is 3.65. The zero-order valence-electron chi connectivity index (χ0n) is 17.8. The van der Waals surface area contributed by atoms with Gasteiger partial charge in [-0.1, -0.05) is 0 Å². The second-order valence-corrected chi connectivity index (χ2v) is 7.97. The van der Waals surface area contributed by atoms with Crippen LogP contribution in [0, 0.1) is 0 Å². The topological polar surface area (TPSA) is 102 Å². The maximum Gasteiger partial charge on any atom is 0.329 e. The number of nitrogens with zero attached hydrogens (tertiary/aromatic N) is 4. The van der Waals surface area contributed by atoms with Gasteiger partial charge >= 0.3 is 6.03 Å². The lowest BCUT2D eigenvalue weighted by molar-refractivity contribution is 0.131. The van der Waals surface area contributed by atoms with Crippen molar-refractivity contribution in [2.24, 2.45) is 0 Å². The summed E-state index contributed by atoms with van der Waals surface area (Å²) in [6.45, 7) is 2.28. The van der Waals surface area contributed by atoms with Gasteiger partial charge in [0.05, 0.1) is 5.69 Å². The Bertz CT molecular complexity index is 1040. The molecular formula is C23H27ClN4O4. The molecule has 1 saturated heterocycles. The number of likely N-dealkylation sites (tertiary alicyclic amines) is 1. The van der Waals surface area contributed by atoms with Gasteiger partial charge in [0, 0.05) is 50.6 Å². The van der Waals surface area contributed by atoms with Crippen LogP contribution in [-0.4, -0.2) is 66.9 Å². The first-order valence-electron chi connectivity index (χ1n) is 10.2. The van der Waals surface area contributed by atoms with Gasteiger partial charge in [0.15, 0.2) is 0 Å². The van der Waals surface area contributed by atoms with E-state index < -0.39 is 0 Å². The largest absolute Gasteiger partial charge is 0.508 e. The summed E-state index contributed by atoms with van der Waals surface area (Å²) in [4.78, 5) is 21.3. The molecule has 8 nitrogen and oxygen atoms in total. The minimum Gasteiger partial charge on any atom is -0.508 e. The molecule has 2 aromatic carbocycles. The van der Waals surface area contributed by atoms with Crippen molar-refractivity contribution in [1.82, 2.24) is 19.4 Å². The SMILES string of the molecule is CN(C(=O)n1cnc(-c2ccc(O)cc2)c1)C1CCN(Cc2cc(O)cc(O)c2)CC1.Cl. The first-order valence-corrected chi connectivity index (χ1v) is 10.2. The molecule has 1 aliphatic heterocycles. The summed E-state index contributed by atoms with van der Waals surface area (Å²) >= 11 is 0. The number of benzene rings is 2. The van der Waals surface area contributed by atoms with E-state index in [1.54, 1.807) is 47.5 Å². The third-order valence-electron chi connectivity index (χ3n) is 5.74. The molecule has 1 aromatic heterocycles. The summed E-state index contributed by atoms with van der Waals surface area (Å²) < 4.78 is 1.49. The highest BCUT2D eigenvalue weighted by Crippen LogP contribution is 2.24. The molecule has 0 unspecified atom stereocenters. The lowest BCUT2D eigenvalue weighted by Crippen LogP contribution is -2.46. The van der Waals surface area contributed by atoms with Gasteiger partial charge in [0.1, 0.15) is 23.6 Å². The Morgan fingerprint density at radius 1 is 1.03 bits per heavy atom. The molecule has 9 heteroatoms. The number of phenolic OH excluding ortho intramolecular Hbond substituents is 3. The molecule has 0 atom stereocenters. The summed E-state index contributed by atoms with van der Waals surface area (Å²) in [6, 6.07) is 11.3. The average molecular weight is 459 g/mol. The van der Waals surface area contributed by atoms with Crippen molar-refractivity contribution in [3.05, 3.63) is 60.6 Å². The first-order chi connectivity index (χ1) is 14.9. The van der Waals surface area contributed by atoms with E-state index in [-0.39, 0.29) is 41.7 Å². The van der Waals surface area contributed by atoms with E-state index in [1.807, 2.05) is 7.05 Å². The Balaban J connectivity index is 0.00000289. The summed E-state index contributed by atoms with van der Waals surface area (Å²) in [6.07, 6.45) is 4.90. The van der Waals surface area contributed by atoms with E-state index in [0.29, 0.717) is 12.2 Å². The number of halogens is 1. The standard InChI is InChI=1S/C23H26N4O4.ClH/c1-25(23(31)27-14-22(24-15-27)17-2-4-19(28)5-3-17)18-6-8-26(9-7-18)13-16-10-20(29)12-21(30)11-16;/h2-5,10-12,14-15,18,28-30H,6-9,13H2,1H3;1H. The molecule has 32 heavy (non-hydrogen) atoms. The highest BCUT2D eigenvalue weighted by Gasteiger charge is 2.26. The van der Waals surface area contributed by atoms with Gasteiger partial charge in [-0.3, -0.25) is 9.47 Å². The maximum absolute atomic E-state index is 12.9. The predicted molar refractivity (Wildman–Crippen MR) is 123 cm³/mol. The van der Waals surface area contributed by atoms with Crippen LogP contribution in [0.1, 0.15) is 18.4 Å². The van der Waals surface area contributed by atoms with Gasteiger partial charge in [0.25, 0.3) is 0 Å². The van der Waals surface area contributed by atoms with E-state index in [9.17, 15) is 20.1 Å². The lowest BCUT2D eigenvalue weighted by atomic mass is 10.0. The monoisotopic (exact) mass is 458 g/mol. The van der Waals surface area contributed by atoms with E-state index in [0.717, 1.165) is 37.1 Å². The van der Waals surface area contributed by atoms with Gasteiger partial charge in [0.2, 0.25) is 0 Å². The van der Waals surface area contributed by atoms with Crippen LogP contribution >= 0.6 is 12.4 Å². The van der Waals surface area contributed by atoms with Crippen LogP contribution in [0.3, 0.4) is 0 Å². The maximum atomic E-state index is 12.9. The van der Waals surface area contributed by atoms with Gasteiger partial charge < -0.3 is 20.2 Å². The fraction of sp³-hybridized carbons (Fsp3) is 0.304. The summed E-state index contributed by atoms with van der Waals surface area (Å²) in [5, 5.41) is 28.7. The average Bonchev–Trinajstić information content (AvgIpc) is 3.23. The van der Waals surface area contributed by atoms with Crippen molar-refractivity contribution in [3.63, 3.8) is 0 Å². The second-order valence-electron chi connectivity index (χ2n) is 7.97. The Morgan fingerprint density at radius 3 is 2.28 bits per heavy atom. The zero-order chi connectivity index (χ0) is 22.0. The first kappa shape index (κ1) is 23.4. The minimum absolute atomic E-state index is 0. The lowest BCUT2D eigenvalue weighted by Gasteiger charge is -2.36. The molecule has 1 fully saturated rings. The van der Waals surface area contributed by atoms with Gasteiger partial charge in [-0.25, -0.2) is 9.78 Å². The number of phenols is 3. The van der Waals surface area contributed by atoms with Crippen molar-refractivity contribution in [2.45, 2.75) is 25.4 Å². The summed E-state index contributed by atoms with van der Waals surface area (Å²) in [7, 11) is 1.82. The van der Waals surface area contributed by atoms with Crippen LogP contribution in [0.25, 0.3) is 11.3 Å². The van der Waals surface area contributed by atoms with E-state index in [2.05, 4.69) is 9.88 Å². The number of hydrogen-bond donors (Lipinski definition) is 3. The highest BCUT2D eigenvalue weighted by molar-refractivity contribution is 5.85. The van der Waals surface area contributed by atoms with E-state index >= 15 is 0 Å². The summed E-state index contributed by atoms with van der Waals surface area (Å²) in [5.74, 6) is 0.302. The fourth-order valence-corrected chi connectivity index (χ4v) is 4.02. The number of carbonyl (C=O) groups is 1. The van der Waals surface area contributed by atoms with Gasteiger partial charge in [-0.2, -0.15) is 0 Å². The van der Waals surface area contributed by atoms with Crippen LogP contribution in [-0.2, 0) is 6.54 Å². The quantitative estimate of drug-likeness (QED) is 0.551. The van der Waals surface area contributed by atoms with Crippen molar-refractivity contribution in [2.75, 3.05) is 20.1 Å². The molecule has 2 heterocycles. The third-order valence-corrected chi connectivity index (χ3v) is 5.74. The van der Waals surface area contributed by atoms with E-state index in [4.69, 9.17) is 0 Å². The number of rotatable bonds is 4. The molecular weight excluding hydrogens is 432 g/mol. The molecule has 170 valence electrons. The molecule has 0 aliphatic carbocycles. The van der Waals surface area contributed by atoms with Crippen molar-refractivity contribution < 1.29 is 20.1 Å². The number of piperidine rings is 1. The molecule has 0 spiro atoms. The Hall–Kier alpha value is -3.23. The van der Waals surface area contributed by atoms with Crippen LogP contribution in [0.5, 0.6) is 17.2 Å². The van der Waals surface area contributed by atoms with Gasteiger partial charge in [-0.15, -0.1) is 12.4 Å². The molecule has 4 rings (SSSR count). The number of hydrogen-bond acceptors (Lipinski definition) is 6. The van der Waals surface area contributed by atoms with Gasteiger partial charge in [-0.05, 0) is 54.8 Å². The molecule has 3 aromatic rings. The molecule has 0 saturated carbocycles. The van der Waals surface area contributed by atoms with E-state index in [1.165, 1.54) is 17.0 Å². The second kappa shape index (κ2) is 9.93. The van der Waals surface area contributed by atoms with Crippen LogP contribution in [0.4, 0.5) is 4.79 Å². The molecule has 0 radical (unpaired) electrons. The molecule has 1 amide bonds. The normalized spacial score (nSPS) is 14.7. The fourth-order valence-electron chi connectivity index (χ4n) is 4.02. The number of amides is 1. The number of aromatic hydroxyl groups is 3. The van der Waals surface area contributed by atoms with Crippen LogP contribution < -0.4 is 0 Å². The number of imidazole rings is 1. The van der Waals surface area contributed by atoms with Crippen molar-refractivity contribution in [1.29, 1.82) is 0 Å². The Kier molecular flexibility index (Phi) is 7.27. The Labute approximate surface area is 192 Å². The smallest absolute Gasteiger partial charge is 0.329 e. The minimum atomic E-state index is -0.131. The number of carbonyl (C=O) groups excluding carboxylic acids is 1. The molecule has 3 N–H and O–H groups in total. The van der Waals surface area contributed by atoms with Crippen LogP contribution in [0.2, 0.25) is 0 Å². The molecule has 0 bridgehead atoms. The van der Waals surface area contributed by atoms with Crippen molar-refractivity contribution >= 4 is 18.4 Å². The molecule has 1 aliphatic rings. The third kappa shape index (κ3) is 5.33.